The molecule has 1 aromatic carbocycles. The summed E-state index contributed by atoms with van der Waals surface area (Å²) < 4.78 is 20.6. The zero-order valence-corrected chi connectivity index (χ0v) is 11.3. The monoisotopic (exact) mass is 264 g/mol. The number of hydrogen-bond acceptors (Lipinski definition) is 3. The van der Waals surface area contributed by atoms with E-state index >= 15 is 0 Å². The predicted molar refractivity (Wildman–Crippen MR) is 70.7 cm³/mol. The summed E-state index contributed by atoms with van der Waals surface area (Å²) in [4.78, 5) is 4.41. The summed E-state index contributed by atoms with van der Waals surface area (Å²) >= 11 is 0. The van der Waals surface area contributed by atoms with Crippen molar-refractivity contribution < 1.29 is 14.2 Å². The molecule has 19 heavy (non-hydrogen) atoms. The van der Waals surface area contributed by atoms with Gasteiger partial charge in [0.05, 0.1) is 25.1 Å². The van der Waals surface area contributed by atoms with E-state index in [9.17, 15) is 4.39 Å². The van der Waals surface area contributed by atoms with Crippen LogP contribution in [-0.2, 0) is 13.5 Å². The number of aliphatic hydroxyl groups is 1. The second-order valence-electron chi connectivity index (χ2n) is 4.34. The molecule has 0 aliphatic carbocycles. The zero-order valence-electron chi connectivity index (χ0n) is 11.3. The standard InChI is InChI=1S/C14H17FN2O2/c1-9-14(17(2)13(16-9)6-7-18)11-8-10(15)4-5-12(11)19-3/h4-5,8,18H,6-7H2,1-3H3. The zero-order chi connectivity index (χ0) is 14.0. The van der Waals surface area contributed by atoms with Crippen LogP contribution in [0, 0.1) is 12.7 Å². The van der Waals surface area contributed by atoms with Crippen LogP contribution in [0.25, 0.3) is 11.3 Å². The molecule has 0 unspecified atom stereocenters. The number of benzene rings is 1. The normalized spacial score (nSPS) is 10.8. The lowest BCUT2D eigenvalue weighted by atomic mass is 10.1. The molecule has 0 radical (unpaired) electrons. The van der Waals surface area contributed by atoms with E-state index in [0.717, 1.165) is 17.2 Å². The van der Waals surface area contributed by atoms with Crippen LogP contribution in [0.5, 0.6) is 5.75 Å². The third-order valence-corrected chi connectivity index (χ3v) is 3.11. The van der Waals surface area contributed by atoms with Crippen molar-refractivity contribution in [2.75, 3.05) is 13.7 Å². The smallest absolute Gasteiger partial charge is 0.128 e. The number of methoxy groups -OCH3 is 1. The Labute approximate surface area is 111 Å². The van der Waals surface area contributed by atoms with Crippen LogP contribution in [0.4, 0.5) is 4.39 Å². The highest BCUT2D eigenvalue weighted by molar-refractivity contribution is 5.70. The fourth-order valence-corrected chi connectivity index (χ4v) is 2.26. The second kappa shape index (κ2) is 5.40. The Morgan fingerprint density at radius 3 is 2.79 bits per heavy atom. The molecule has 0 atom stereocenters. The Kier molecular flexibility index (Phi) is 3.85. The first-order valence-electron chi connectivity index (χ1n) is 6.05. The molecule has 0 aliphatic rings. The summed E-state index contributed by atoms with van der Waals surface area (Å²) in [6, 6.07) is 4.40. The van der Waals surface area contributed by atoms with Crippen LogP contribution in [0.15, 0.2) is 18.2 Å². The summed E-state index contributed by atoms with van der Waals surface area (Å²) in [6.45, 7) is 1.89. The van der Waals surface area contributed by atoms with Gasteiger partial charge in [-0.25, -0.2) is 9.37 Å². The Hall–Kier alpha value is -1.88. The third kappa shape index (κ3) is 2.46. The molecule has 2 aromatic rings. The van der Waals surface area contributed by atoms with Crippen LogP contribution >= 0.6 is 0 Å². The van der Waals surface area contributed by atoms with Gasteiger partial charge in [-0.2, -0.15) is 0 Å². The van der Waals surface area contributed by atoms with E-state index in [0.29, 0.717) is 17.7 Å². The highest BCUT2D eigenvalue weighted by Gasteiger charge is 2.17. The van der Waals surface area contributed by atoms with Crippen molar-refractivity contribution >= 4 is 0 Å². The fraction of sp³-hybridized carbons (Fsp3) is 0.357. The van der Waals surface area contributed by atoms with Crippen LogP contribution < -0.4 is 4.74 Å². The minimum absolute atomic E-state index is 0.0318. The first kappa shape index (κ1) is 13.5. The van der Waals surface area contributed by atoms with Crippen LogP contribution in [0.1, 0.15) is 11.5 Å². The van der Waals surface area contributed by atoms with Gasteiger partial charge >= 0.3 is 0 Å². The van der Waals surface area contributed by atoms with Gasteiger partial charge in [0.2, 0.25) is 0 Å². The first-order valence-corrected chi connectivity index (χ1v) is 6.05. The van der Waals surface area contributed by atoms with E-state index < -0.39 is 0 Å². The van der Waals surface area contributed by atoms with Crippen LogP contribution in [-0.4, -0.2) is 28.4 Å². The largest absolute Gasteiger partial charge is 0.496 e. The molecule has 0 bridgehead atoms. The predicted octanol–water partition coefficient (Wildman–Crippen LogP) is 2.08. The van der Waals surface area contributed by atoms with Gasteiger partial charge in [0.15, 0.2) is 0 Å². The minimum atomic E-state index is -0.319. The van der Waals surface area contributed by atoms with Gasteiger partial charge in [0, 0.05) is 19.0 Å². The van der Waals surface area contributed by atoms with E-state index in [-0.39, 0.29) is 12.4 Å². The molecule has 0 amide bonds. The Morgan fingerprint density at radius 1 is 1.42 bits per heavy atom. The highest BCUT2D eigenvalue weighted by atomic mass is 19.1. The molecule has 1 N–H and O–H groups in total. The van der Waals surface area contributed by atoms with Gasteiger partial charge in [-0.1, -0.05) is 0 Å². The number of aliphatic hydroxyl groups excluding tert-OH is 1. The molecule has 0 fully saturated rings. The molecule has 1 aromatic heterocycles. The Balaban J connectivity index is 2.61. The average Bonchev–Trinajstić information content (AvgIpc) is 2.65. The SMILES string of the molecule is COc1ccc(F)cc1-c1c(C)nc(CCO)n1C. The van der Waals surface area contributed by atoms with E-state index in [1.54, 1.807) is 13.2 Å². The summed E-state index contributed by atoms with van der Waals surface area (Å²) in [5, 5.41) is 9.02. The highest BCUT2D eigenvalue weighted by Crippen LogP contribution is 2.33. The summed E-state index contributed by atoms with van der Waals surface area (Å²) in [5.74, 6) is 1.05. The van der Waals surface area contributed by atoms with Gasteiger partial charge in [-0.3, -0.25) is 0 Å². The van der Waals surface area contributed by atoms with Gasteiger partial charge in [-0.15, -0.1) is 0 Å². The maximum atomic E-state index is 13.5. The summed E-state index contributed by atoms with van der Waals surface area (Å²) in [7, 11) is 3.40. The molecular formula is C14H17FN2O2. The van der Waals surface area contributed by atoms with Gasteiger partial charge < -0.3 is 14.4 Å². The van der Waals surface area contributed by atoms with Crippen LogP contribution in [0.3, 0.4) is 0 Å². The van der Waals surface area contributed by atoms with Crippen molar-refractivity contribution in [2.24, 2.45) is 7.05 Å². The number of rotatable bonds is 4. The maximum Gasteiger partial charge on any atom is 0.128 e. The molecule has 0 aliphatic heterocycles. The van der Waals surface area contributed by atoms with Gasteiger partial charge in [0.1, 0.15) is 17.4 Å². The molecule has 1 heterocycles. The maximum absolute atomic E-state index is 13.5. The van der Waals surface area contributed by atoms with Gasteiger partial charge in [0.25, 0.3) is 0 Å². The van der Waals surface area contributed by atoms with E-state index in [2.05, 4.69) is 4.98 Å². The van der Waals surface area contributed by atoms with Crippen molar-refractivity contribution in [1.82, 2.24) is 9.55 Å². The molecular weight excluding hydrogens is 247 g/mol. The molecule has 2 rings (SSSR count). The van der Waals surface area contributed by atoms with Crippen molar-refractivity contribution in [2.45, 2.75) is 13.3 Å². The minimum Gasteiger partial charge on any atom is -0.496 e. The molecule has 0 spiro atoms. The molecule has 4 nitrogen and oxygen atoms in total. The van der Waals surface area contributed by atoms with Crippen molar-refractivity contribution in [1.29, 1.82) is 0 Å². The van der Waals surface area contributed by atoms with Crippen molar-refractivity contribution in [3.63, 3.8) is 0 Å². The summed E-state index contributed by atoms with van der Waals surface area (Å²) in [5.41, 5.74) is 2.26. The topological polar surface area (TPSA) is 47.3 Å². The van der Waals surface area contributed by atoms with Crippen molar-refractivity contribution in [3.8, 4) is 17.0 Å². The lowest BCUT2D eigenvalue weighted by Gasteiger charge is -2.11. The number of aryl methyl sites for hydroxylation is 1. The Morgan fingerprint density at radius 2 is 2.16 bits per heavy atom. The molecule has 0 saturated carbocycles. The van der Waals surface area contributed by atoms with Gasteiger partial charge in [-0.05, 0) is 25.1 Å². The fourth-order valence-electron chi connectivity index (χ4n) is 2.26. The van der Waals surface area contributed by atoms with E-state index in [1.165, 1.54) is 12.1 Å². The quantitative estimate of drug-likeness (QED) is 0.919. The lowest BCUT2D eigenvalue weighted by molar-refractivity contribution is 0.295. The summed E-state index contributed by atoms with van der Waals surface area (Å²) in [6.07, 6.45) is 0.467. The molecule has 5 heteroatoms. The molecule has 102 valence electrons. The average molecular weight is 264 g/mol. The van der Waals surface area contributed by atoms with E-state index in [4.69, 9.17) is 9.84 Å². The number of aromatic nitrogens is 2. The number of imidazole rings is 1. The van der Waals surface area contributed by atoms with Crippen LogP contribution in [0.2, 0.25) is 0 Å². The number of nitrogens with zero attached hydrogens (tertiary/aromatic N) is 2. The number of hydrogen-bond donors (Lipinski definition) is 1. The van der Waals surface area contributed by atoms with E-state index in [1.807, 2.05) is 18.5 Å². The first-order chi connectivity index (χ1) is 9.08. The third-order valence-electron chi connectivity index (χ3n) is 3.11. The van der Waals surface area contributed by atoms with Crippen molar-refractivity contribution in [3.05, 3.63) is 35.5 Å². The Bertz CT molecular complexity index is 593. The molecule has 0 saturated heterocycles. The number of halogens is 1. The second-order valence-corrected chi connectivity index (χ2v) is 4.34. The number of ether oxygens (including phenoxy) is 1. The lowest BCUT2D eigenvalue weighted by Crippen LogP contribution is -2.03.